The molecule has 0 unspecified atom stereocenters. The second-order valence-electron chi connectivity index (χ2n) is 7.01. The van der Waals surface area contributed by atoms with Crippen LogP contribution < -0.4 is 0 Å². The first kappa shape index (κ1) is 32.5. The normalized spacial score (nSPS) is 11.0. The van der Waals surface area contributed by atoms with E-state index >= 15 is 0 Å². The summed E-state index contributed by atoms with van der Waals surface area (Å²) in [6.07, 6.45) is 0. The van der Waals surface area contributed by atoms with Crippen LogP contribution >= 0.6 is 47.0 Å². The summed E-state index contributed by atoms with van der Waals surface area (Å²) in [6, 6.07) is 4.08. The summed E-state index contributed by atoms with van der Waals surface area (Å²) in [6.45, 7) is 0. The molecule has 0 aromatic rings. The minimum absolute atomic E-state index is 0.233. The predicted octanol–water partition coefficient (Wildman–Crippen LogP) is 3.06. The van der Waals surface area contributed by atoms with E-state index in [2.05, 4.69) is 0 Å². The van der Waals surface area contributed by atoms with Crippen LogP contribution in [-0.4, -0.2) is 106 Å². The average Bonchev–Trinajstić information content (AvgIpc) is 2.83. The van der Waals surface area contributed by atoms with Gasteiger partial charge in [-0.05, 0) is 47.2 Å². The Hall–Kier alpha value is -0.503. The molecule has 0 aliphatic carbocycles. The van der Waals surface area contributed by atoms with E-state index < -0.39 is 8.07 Å². The van der Waals surface area contributed by atoms with Gasteiger partial charge in [0, 0.05) is 0 Å². The van der Waals surface area contributed by atoms with E-state index in [4.69, 9.17) is 18.9 Å². The minimum atomic E-state index is -1.82. The summed E-state index contributed by atoms with van der Waals surface area (Å²) in [7, 11) is 3.73. The lowest BCUT2D eigenvalue weighted by Gasteiger charge is -2.32. The first-order chi connectivity index (χ1) is 15.8. The summed E-state index contributed by atoms with van der Waals surface area (Å²) in [5.74, 6) is 3.78. The zero-order chi connectivity index (χ0) is 25.0. The summed E-state index contributed by atoms with van der Waals surface area (Å²) < 4.78 is 18.9. The maximum atomic E-state index is 11.5. The molecule has 0 saturated carbocycles. The Morgan fingerprint density at radius 1 is 0.485 bits per heavy atom. The van der Waals surface area contributed by atoms with Crippen molar-refractivity contribution in [3.8, 4) is 0 Å². The number of hydrogen-bond donors (Lipinski definition) is 0. The molecule has 33 heavy (non-hydrogen) atoms. The molecule has 0 rings (SSSR count). The Bertz CT molecular complexity index is 493. The molecule has 192 valence electrons. The third-order valence-electron chi connectivity index (χ3n) is 4.90. The van der Waals surface area contributed by atoms with Crippen LogP contribution in [0.1, 0.15) is 0 Å². The lowest BCUT2D eigenvalue weighted by Crippen LogP contribution is -2.37. The number of ether oxygens (including phenoxy) is 4. The Morgan fingerprint density at radius 3 is 0.879 bits per heavy atom. The van der Waals surface area contributed by atoms with Crippen LogP contribution in [0.25, 0.3) is 0 Å². The van der Waals surface area contributed by atoms with E-state index in [1.807, 2.05) is 0 Å². The zero-order valence-electron chi connectivity index (χ0n) is 19.9. The zero-order valence-corrected chi connectivity index (χ0v) is 24.2. The fraction of sp³-hybridized carbons (Fsp3) is 0.800. The van der Waals surface area contributed by atoms with E-state index in [1.54, 1.807) is 47.0 Å². The maximum Gasteiger partial charge on any atom is 0.315 e. The highest BCUT2D eigenvalue weighted by Crippen LogP contribution is 2.32. The molecule has 0 bridgehead atoms. The van der Waals surface area contributed by atoms with E-state index in [-0.39, 0.29) is 23.9 Å². The van der Waals surface area contributed by atoms with Crippen LogP contribution in [-0.2, 0) is 38.1 Å². The lowest BCUT2D eigenvalue weighted by atomic mass is 10.8. The molecule has 0 atom stereocenters. The van der Waals surface area contributed by atoms with Crippen molar-refractivity contribution in [1.29, 1.82) is 0 Å². The van der Waals surface area contributed by atoms with Gasteiger partial charge in [0.05, 0.1) is 59.5 Å². The second-order valence-corrected chi connectivity index (χ2v) is 16.4. The Labute approximate surface area is 215 Å². The quantitative estimate of drug-likeness (QED) is 0.0945. The number of carbonyl (C=O) groups excluding carboxylic acids is 4. The van der Waals surface area contributed by atoms with E-state index in [1.165, 1.54) is 28.4 Å². The second kappa shape index (κ2) is 20.8. The van der Waals surface area contributed by atoms with E-state index in [9.17, 15) is 19.2 Å². The largest absolute Gasteiger partial charge is 0.468 e. The number of thioether (sulfide) groups is 4. The van der Waals surface area contributed by atoms with Crippen molar-refractivity contribution in [1.82, 2.24) is 0 Å². The molecular weight excluding hydrogens is 525 g/mol. The number of carbonyl (C=O) groups is 4. The monoisotopic (exact) mass is 560 g/mol. The summed E-state index contributed by atoms with van der Waals surface area (Å²) >= 11 is 6.29. The third-order valence-corrected chi connectivity index (χ3v) is 15.3. The Morgan fingerprint density at radius 2 is 0.697 bits per heavy atom. The van der Waals surface area contributed by atoms with Gasteiger partial charge in [-0.3, -0.25) is 19.2 Å². The molecular formula is C20H36O8S4Si. The van der Waals surface area contributed by atoms with Gasteiger partial charge in [-0.1, -0.05) is 0 Å². The maximum absolute atomic E-state index is 11.5. The first-order valence-corrected chi connectivity index (χ1v) is 17.9. The number of hydrogen-bond acceptors (Lipinski definition) is 12. The van der Waals surface area contributed by atoms with Crippen molar-refractivity contribution in [3.63, 3.8) is 0 Å². The first-order valence-electron chi connectivity index (χ1n) is 10.4. The molecule has 0 spiro atoms. The fourth-order valence-corrected chi connectivity index (χ4v) is 15.2. The van der Waals surface area contributed by atoms with Crippen LogP contribution in [0.3, 0.4) is 0 Å². The van der Waals surface area contributed by atoms with Crippen molar-refractivity contribution < 1.29 is 38.1 Å². The molecule has 0 fully saturated rings. The highest BCUT2D eigenvalue weighted by atomic mass is 32.2. The van der Waals surface area contributed by atoms with E-state index in [0.717, 1.165) is 47.2 Å². The molecule has 0 N–H and O–H groups in total. The predicted molar refractivity (Wildman–Crippen MR) is 142 cm³/mol. The van der Waals surface area contributed by atoms with Gasteiger partial charge in [-0.2, -0.15) is 47.0 Å². The third kappa shape index (κ3) is 17.6. The topological polar surface area (TPSA) is 105 Å². The van der Waals surface area contributed by atoms with Crippen molar-refractivity contribution >= 4 is 79.0 Å². The van der Waals surface area contributed by atoms with Gasteiger partial charge < -0.3 is 18.9 Å². The summed E-state index contributed by atoms with van der Waals surface area (Å²) in [5.41, 5.74) is 0. The van der Waals surface area contributed by atoms with Crippen molar-refractivity contribution in [2.45, 2.75) is 24.2 Å². The Kier molecular flexibility index (Phi) is 20.5. The summed E-state index contributed by atoms with van der Waals surface area (Å²) in [5, 5.41) is 0. The van der Waals surface area contributed by atoms with Gasteiger partial charge in [0.2, 0.25) is 0 Å². The van der Waals surface area contributed by atoms with Crippen LogP contribution in [0, 0.1) is 0 Å². The van der Waals surface area contributed by atoms with Crippen LogP contribution in [0.5, 0.6) is 0 Å². The molecule has 0 aliphatic heterocycles. The van der Waals surface area contributed by atoms with Crippen LogP contribution in [0.2, 0.25) is 24.2 Å². The average molecular weight is 561 g/mol. The van der Waals surface area contributed by atoms with Gasteiger partial charge in [-0.25, -0.2) is 0 Å². The lowest BCUT2D eigenvalue weighted by molar-refractivity contribution is -0.138. The molecule has 0 radical (unpaired) electrons. The van der Waals surface area contributed by atoms with Gasteiger partial charge in [0.1, 0.15) is 0 Å². The molecule has 0 amide bonds. The van der Waals surface area contributed by atoms with E-state index in [0.29, 0.717) is 23.0 Å². The van der Waals surface area contributed by atoms with Crippen molar-refractivity contribution in [2.75, 3.05) is 74.5 Å². The number of esters is 4. The fourth-order valence-electron chi connectivity index (χ4n) is 2.76. The molecule has 0 aromatic carbocycles. The molecule has 0 heterocycles. The van der Waals surface area contributed by atoms with Crippen molar-refractivity contribution in [2.24, 2.45) is 0 Å². The summed E-state index contributed by atoms with van der Waals surface area (Å²) in [4.78, 5) is 45.9. The van der Waals surface area contributed by atoms with Crippen molar-refractivity contribution in [3.05, 3.63) is 0 Å². The molecule has 0 aliphatic rings. The number of rotatable bonds is 20. The molecule has 0 saturated heterocycles. The molecule has 0 aromatic heterocycles. The number of methoxy groups -OCH3 is 4. The Balaban J connectivity index is 5.09. The standard InChI is InChI=1S/C20H36O8S4Si/c1-25-17(21)13-29-5-9-33(10-6-30-14-18(22)26-2,11-7-31-15-19(23)27-3)12-8-32-16-20(24)28-4/h5-16H2,1-4H3. The van der Waals surface area contributed by atoms with Gasteiger partial charge in [0.15, 0.2) is 0 Å². The van der Waals surface area contributed by atoms with Gasteiger partial charge in [-0.15, -0.1) is 0 Å². The van der Waals surface area contributed by atoms with Gasteiger partial charge >= 0.3 is 23.9 Å². The highest BCUT2D eigenvalue weighted by molar-refractivity contribution is 8.00. The minimum Gasteiger partial charge on any atom is -0.468 e. The highest BCUT2D eigenvalue weighted by Gasteiger charge is 2.32. The van der Waals surface area contributed by atoms with Gasteiger partial charge in [0.25, 0.3) is 0 Å². The van der Waals surface area contributed by atoms with Crippen LogP contribution in [0.4, 0.5) is 0 Å². The van der Waals surface area contributed by atoms with Crippen LogP contribution in [0.15, 0.2) is 0 Å². The molecule has 13 heteroatoms. The smallest absolute Gasteiger partial charge is 0.315 e. The molecule has 8 nitrogen and oxygen atoms in total. The SMILES string of the molecule is COC(=O)CSCC[Si](CCSCC(=O)OC)(CCSCC(=O)OC)CCSCC(=O)OC.